The van der Waals surface area contributed by atoms with E-state index in [1.54, 1.807) is 18.2 Å². The second-order valence-corrected chi connectivity index (χ2v) is 4.63. The van der Waals surface area contributed by atoms with Crippen molar-refractivity contribution in [1.82, 2.24) is 9.55 Å². The average Bonchev–Trinajstić information content (AvgIpc) is 2.56. The topological polar surface area (TPSA) is 60.9 Å². The van der Waals surface area contributed by atoms with Crippen LogP contribution in [-0.2, 0) is 6.42 Å². The summed E-state index contributed by atoms with van der Waals surface area (Å²) in [7, 11) is 1.50. The van der Waals surface area contributed by atoms with Gasteiger partial charge in [0.2, 0.25) is 0 Å². The molecule has 2 rings (SSSR count). The molecular formula is C18H22FN3O. The number of hydrogen-bond acceptors (Lipinski definition) is 3. The third-order valence-corrected chi connectivity index (χ3v) is 3.11. The van der Waals surface area contributed by atoms with Crippen molar-refractivity contribution < 1.29 is 4.39 Å². The molecule has 0 saturated heterocycles. The minimum Gasteiger partial charge on any atom is -0.333 e. The summed E-state index contributed by atoms with van der Waals surface area (Å²) in [6.07, 6.45) is 4.23. The summed E-state index contributed by atoms with van der Waals surface area (Å²) in [6.45, 7) is 8.84. The van der Waals surface area contributed by atoms with Crippen LogP contribution in [0.4, 0.5) is 4.39 Å². The Kier molecular flexibility index (Phi) is 7.09. The number of halogens is 1. The molecule has 122 valence electrons. The van der Waals surface area contributed by atoms with Gasteiger partial charge < -0.3 is 5.73 Å². The number of nitrogens with two attached hydrogens (primary N) is 1. The average molecular weight is 315 g/mol. The zero-order valence-corrected chi connectivity index (χ0v) is 13.6. The molecule has 0 amide bonds. The van der Waals surface area contributed by atoms with Crippen LogP contribution in [0.25, 0.3) is 16.6 Å². The molecule has 0 bridgehead atoms. The van der Waals surface area contributed by atoms with Gasteiger partial charge in [-0.1, -0.05) is 38.3 Å². The van der Waals surface area contributed by atoms with E-state index in [4.69, 9.17) is 0 Å². The summed E-state index contributed by atoms with van der Waals surface area (Å²) < 4.78 is 15.0. The van der Waals surface area contributed by atoms with E-state index in [1.165, 1.54) is 23.8 Å². The van der Waals surface area contributed by atoms with Gasteiger partial charge in [-0.2, -0.15) is 0 Å². The third kappa shape index (κ3) is 4.02. The molecule has 1 heterocycles. The van der Waals surface area contributed by atoms with Gasteiger partial charge in [0.1, 0.15) is 11.7 Å². The Labute approximate surface area is 135 Å². The lowest BCUT2D eigenvalue weighted by molar-refractivity contribution is 0.655. The lowest BCUT2D eigenvalue weighted by Gasteiger charge is -2.14. The first kappa shape index (κ1) is 18.5. The van der Waals surface area contributed by atoms with Crippen LogP contribution in [0.2, 0.25) is 0 Å². The maximum absolute atomic E-state index is 13.7. The van der Waals surface area contributed by atoms with Crippen molar-refractivity contribution in [3.8, 4) is 0 Å². The van der Waals surface area contributed by atoms with E-state index in [9.17, 15) is 9.18 Å². The monoisotopic (exact) mass is 315 g/mol. The van der Waals surface area contributed by atoms with Crippen LogP contribution in [0.15, 0.2) is 60.2 Å². The first-order chi connectivity index (χ1) is 11.1. The number of aromatic nitrogens is 2. The Morgan fingerprint density at radius 3 is 2.61 bits per heavy atom. The highest BCUT2D eigenvalue weighted by molar-refractivity contribution is 5.79. The second kappa shape index (κ2) is 8.80. The molecule has 0 atom stereocenters. The van der Waals surface area contributed by atoms with Crippen LogP contribution in [0.1, 0.15) is 19.2 Å². The van der Waals surface area contributed by atoms with Gasteiger partial charge in [-0.25, -0.2) is 9.37 Å². The fourth-order valence-electron chi connectivity index (χ4n) is 2.22. The van der Waals surface area contributed by atoms with Crippen LogP contribution in [0.3, 0.4) is 0 Å². The SMILES string of the molecule is C=C/C=C(\C(=C)F)n1c(CCC)nc2ccccc2c1=O.CN. The largest absolute Gasteiger partial charge is 0.333 e. The summed E-state index contributed by atoms with van der Waals surface area (Å²) in [6, 6.07) is 7.05. The van der Waals surface area contributed by atoms with Crippen LogP contribution in [0, 0.1) is 0 Å². The Morgan fingerprint density at radius 1 is 1.39 bits per heavy atom. The number of para-hydroxylation sites is 1. The quantitative estimate of drug-likeness (QED) is 0.860. The fourth-order valence-corrected chi connectivity index (χ4v) is 2.22. The number of allylic oxidation sites excluding steroid dienone is 4. The molecule has 1 aromatic carbocycles. The highest BCUT2D eigenvalue weighted by Crippen LogP contribution is 2.19. The van der Waals surface area contributed by atoms with Crippen LogP contribution < -0.4 is 11.3 Å². The third-order valence-electron chi connectivity index (χ3n) is 3.11. The molecule has 0 aliphatic carbocycles. The van der Waals surface area contributed by atoms with Crippen molar-refractivity contribution in [2.45, 2.75) is 19.8 Å². The predicted molar refractivity (Wildman–Crippen MR) is 94.8 cm³/mol. The minimum atomic E-state index is -0.688. The van der Waals surface area contributed by atoms with Crippen LogP contribution in [-0.4, -0.2) is 16.6 Å². The number of rotatable bonds is 5. The molecule has 2 aromatic rings. The molecule has 23 heavy (non-hydrogen) atoms. The molecule has 4 nitrogen and oxygen atoms in total. The first-order valence-electron chi connectivity index (χ1n) is 7.36. The van der Waals surface area contributed by atoms with Crippen molar-refractivity contribution in [1.29, 1.82) is 0 Å². The van der Waals surface area contributed by atoms with Gasteiger partial charge in [0.15, 0.2) is 0 Å². The van der Waals surface area contributed by atoms with Gasteiger partial charge in [-0.3, -0.25) is 9.36 Å². The molecule has 0 aliphatic rings. The van der Waals surface area contributed by atoms with E-state index in [2.05, 4.69) is 23.9 Å². The Balaban J connectivity index is 0.00000127. The van der Waals surface area contributed by atoms with Gasteiger partial charge in [0.25, 0.3) is 5.56 Å². The highest BCUT2D eigenvalue weighted by atomic mass is 19.1. The van der Waals surface area contributed by atoms with Crippen molar-refractivity contribution in [2.75, 3.05) is 7.05 Å². The molecule has 2 N–H and O–H groups in total. The molecule has 0 saturated carbocycles. The van der Waals surface area contributed by atoms with Crippen LogP contribution in [0.5, 0.6) is 0 Å². The predicted octanol–water partition coefficient (Wildman–Crippen LogP) is 3.43. The summed E-state index contributed by atoms with van der Waals surface area (Å²) >= 11 is 0. The number of fused-ring (bicyclic) bond motifs is 1. The standard InChI is InChI=1S/C17H17FN2O.CH5N/c1-4-8-15(12(3)18)20-16(9-5-2)19-14-11-7-6-10-13(14)17(20)21;1-2/h4,6-8,10-11H,1,3,5,9H2,2H3;2H2,1H3/b15-8+;. The molecule has 1 aromatic heterocycles. The Morgan fingerprint density at radius 2 is 2.04 bits per heavy atom. The smallest absolute Gasteiger partial charge is 0.266 e. The summed E-state index contributed by atoms with van der Waals surface area (Å²) in [5.41, 5.74) is 4.90. The van der Waals surface area contributed by atoms with Crippen molar-refractivity contribution >= 4 is 16.6 Å². The van der Waals surface area contributed by atoms with E-state index < -0.39 is 5.83 Å². The molecule has 5 heteroatoms. The Bertz CT molecular complexity index is 790. The fraction of sp³-hybridized carbons (Fsp3) is 0.222. The first-order valence-corrected chi connectivity index (χ1v) is 7.36. The van der Waals surface area contributed by atoms with E-state index in [0.29, 0.717) is 23.1 Å². The number of nitrogens with zero attached hydrogens (tertiary/aromatic N) is 2. The van der Waals surface area contributed by atoms with E-state index in [-0.39, 0.29) is 11.3 Å². The van der Waals surface area contributed by atoms with Gasteiger partial charge in [-0.15, -0.1) is 0 Å². The highest BCUT2D eigenvalue weighted by Gasteiger charge is 2.15. The van der Waals surface area contributed by atoms with E-state index in [1.807, 2.05) is 13.0 Å². The van der Waals surface area contributed by atoms with Crippen molar-refractivity contribution in [3.63, 3.8) is 0 Å². The van der Waals surface area contributed by atoms with Gasteiger partial charge >= 0.3 is 0 Å². The lowest BCUT2D eigenvalue weighted by Crippen LogP contribution is -2.25. The number of benzene rings is 1. The van der Waals surface area contributed by atoms with E-state index >= 15 is 0 Å². The van der Waals surface area contributed by atoms with Crippen molar-refractivity contribution in [2.24, 2.45) is 5.73 Å². The molecule has 0 unspecified atom stereocenters. The number of aryl methyl sites for hydroxylation is 1. The summed E-state index contributed by atoms with van der Waals surface area (Å²) in [4.78, 5) is 17.2. The minimum absolute atomic E-state index is 0.0803. The zero-order chi connectivity index (χ0) is 17.4. The summed E-state index contributed by atoms with van der Waals surface area (Å²) in [5.74, 6) is -0.167. The van der Waals surface area contributed by atoms with E-state index in [0.717, 1.165) is 6.42 Å². The lowest BCUT2D eigenvalue weighted by atomic mass is 10.2. The molecule has 0 radical (unpaired) electrons. The zero-order valence-electron chi connectivity index (χ0n) is 13.6. The summed E-state index contributed by atoms with van der Waals surface area (Å²) in [5, 5.41) is 0.452. The maximum Gasteiger partial charge on any atom is 0.266 e. The van der Waals surface area contributed by atoms with Crippen LogP contribution >= 0.6 is 0 Å². The van der Waals surface area contributed by atoms with Gasteiger partial charge in [-0.05, 0) is 31.7 Å². The normalized spacial score (nSPS) is 10.9. The molecule has 0 aliphatic heterocycles. The maximum atomic E-state index is 13.7. The molecular weight excluding hydrogens is 293 g/mol. The molecule has 0 spiro atoms. The Hall–Kier alpha value is -2.53. The van der Waals surface area contributed by atoms with Gasteiger partial charge in [0.05, 0.1) is 16.6 Å². The molecule has 0 fully saturated rings. The second-order valence-electron chi connectivity index (χ2n) is 4.63. The van der Waals surface area contributed by atoms with Crippen molar-refractivity contribution in [3.05, 3.63) is 71.6 Å². The number of hydrogen-bond donors (Lipinski definition) is 1. The van der Waals surface area contributed by atoms with Gasteiger partial charge in [0, 0.05) is 6.42 Å².